The number of nitrogens with one attached hydrogen (secondary N) is 4. The van der Waals surface area contributed by atoms with Crippen LogP contribution in [0.4, 0.5) is 11.4 Å². The van der Waals surface area contributed by atoms with Gasteiger partial charge >= 0.3 is 0 Å². The molecule has 2 heterocycles. The summed E-state index contributed by atoms with van der Waals surface area (Å²) in [4.78, 5) is 6.45. The van der Waals surface area contributed by atoms with E-state index in [9.17, 15) is 0 Å². The minimum absolute atomic E-state index is 0.559. The maximum atomic E-state index is 5.44. The van der Waals surface area contributed by atoms with Gasteiger partial charge in [-0.25, -0.2) is 0 Å². The van der Waals surface area contributed by atoms with Gasteiger partial charge in [-0.05, 0) is 36.5 Å². The van der Waals surface area contributed by atoms with Crippen LogP contribution in [0.25, 0.3) is 21.8 Å². The van der Waals surface area contributed by atoms with E-state index in [1.807, 2.05) is 48.8 Å². The lowest BCUT2D eigenvalue weighted by Gasteiger charge is -2.12. The van der Waals surface area contributed by atoms with Crippen molar-refractivity contribution in [3.63, 3.8) is 0 Å². The standard InChI is InChI=1S/C17H14N4S/c22-17(20-13-5-1-3-11-7-9-18-15(11)13)21-14-6-2-4-12-8-10-19-16(12)14/h1-10,18-19H,(H2,20,21,22). The molecule has 0 fully saturated rings. The first-order valence-corrected chi connectivity index (χ1v) is 7.42. The van der Waals surface area contributed by atoms with Crippen LogP contribution in [0.5, 0.6) is 0 Å². The minimum atomic E-state index is 0.559. The fraction of sp³-hybridized carbons (Fsp3) is 0. The van der Waals surface area contributed by atoms with Gasteiger partial charge < -0.3 is 20.6 Å². The van der Waals surface area contributed by atoms with Gasteiger partial charge in [-0.3, -0.25) is 0 Å². The quantitative estimate of drug-likeness (QED) is 0.414. The van der Waals surface area contributed by atoms with E-state index in [1.54, 1.807) is 0 Å². The average Bonchev–Trinajstić information content (AvgIpc) is 3.16. The first kappa shape index (κ1) is 12.9. The van der Waals surface area contributed by atoms with Gasteiger partial charge in [0.2, 0.25) is 0 Å². The van der Waals surface area contributed by atoms with E-state index in [1.165, 1.54) is 0 Å². The summed E-state index contributed by atoms with van der Waals surface area (Å²) < 4.78 is 0. The van der Waals surface area contributed by atoms with Crippen LogP contribution >= 0.6 is 12.2 Å². The third kappa shape index (κ3) is 2.21. The Bertz CT molecular complexity index is 889. The number of aromatic amines is 2. The zero-order valence-corrected chi connectivity index (χ0v) is 12.5. The van der Waals surface area contributed by atoms with Gasteiger partial charge in [0.25, 0.3) is 0 Å². The molecule has 0 aliphatic heterocycles. The Balaban J connectivity index is 1.60. The van der Waals surface area contributed by atoms with Crippen molar-refractivity contribution in [2.75, 3.05) is 10.6 Å². The topological polar surface area (TPSA) is 55.6 Å². The summed E-state index contributed by atoms with van der Waals surface area (Å²) in [5.74, 6) is 0. The molecule has 4 aromatic rings. The van der Waals surface area contributed by atoms with Crippen LogP contribution in [-0.2, 0) is 0 Å². The molecule has 0 amide bonds. The molecule has 0 spiro atoms. The summed E-state index contributed by atoms with van der Waals surface area (Å²) >= 11 is 5.44. The predicted molar refractivity (Wildman–Crippen MR) is 96.4 cm³/mol. The van der Waals surface area contributed by atoms with Crippen molar-refractivity contribution in [2.45, 2.75) is 0 Å². The van der Waals surface area contributed by atoms with Crippen molar-refractivity contribution in [3.8, 4) is 0 Å². The summed E-state index contributed by atoms with van der Waals surface area (Å²) in [6.45, 7) is 0. The first-order chi connectivity index (χ1) is 10.8. The van der Waals surface area contributed by atoms with E-state index in [0.29, 0.717) is 5.11 Å². The normalized spacial score (nSPS) is 10.9. The molecule has 0 aliphatic rings. The number of hydrogen-bond donors (Lipinski definition) is 4. The SMILES string of the molecule is S=C(Nc1cccc2cc[nH]c12)Nc1cccc2cc[nH]c12. The molecule has 4 N–H and O–H groups in total. The van der Waals surface area contributed by atoms with E-state index >= 15 is 0 Å². The fourth-order valence-corrected chi connectivity index (χ4v) is 2.87. The highest BCUT2D eigenvalue weighted by Crippen LogP contribution is 2.24. The number of fused-ring (bicyclic) bond motifs is 2. The van der Waals surface area contributed by atoms with Gasteiger partial charge in [-0.1, -0.05) is 24.3 Å². The number of para-hydroxylation sites is 2. The van der Waals surface area contributed by atoms with Crippen molar-refractivity contribution in [1.29, 1.82) is 0 Å². The van der Waals surface area contributed by atoms with E-state index in [0.717, 1.165) is 33.2 Å². The highest BCUT2D eigenvalue weighted by atomic mass is 32.1. The maximum absolute atomic E-state index is 5.44. The van der Waals surface area contributed by atoms with Crippen LogP contribution in [0.15, 0.2) is 60.9 Å². The summed E-state index contributed by atoms with van der Waals surface area (Å²) in [5, 5.41) is 9.37. The molecular weight excluding hydrogens is 292 g/mol. The van der Waals surface area contributed by atoms with Crippen LogP contribution in [0.2, 0.25) is 0 Å². The molecule has 0 bridgehead atoms. The van der Waals surface area contributed by atoms with E-state index in [2.05, 4.69) is 32.7 Å². The molecule has 5 heteroatoms. The van der Waals surface area contributed by atoms with Crippen molar-refractivity contribution in [2.24, 2.45) is 0 Å². The zero-order valence-electron chi connectivity index (χ0n) is 11.7. The highest BCUT2D eigenvalue weighted by molar-refractivity contribution is 7.80. The summed E-state index contributed by atoms with van der Waals surface area (Å²) in [5.41, 5.74) is 4.01. The molecule has 108 valence electrons. The largest absolute Gasteiger partial charge is 0.359 e. The van der Waals surface area contributed by atoms with Crippen LogP contribution in [0, 0.1) is 0 Å². The van der Waals surface area contributed by atoms with Crippen LogP contribution in [0.3, 0.4) is 0 Å². The minimum Gasteiger partial charge on any atom is -0.359 e. The monoisotopic (exact) mass is 306 g/mol. The lowest BCUT2D eigenvalue weighted by atomic mass is 10.2. The number of benzene rings is 2. The fourth-order valence-electron chi connectivity index (χ4n) is 2.65. The third-order valence-corrected chi connectivity index (χ3v) is 3.88. The molecule has 0 atom stereocenters. The number of H-pyrrole nitrogens is 2. The Hall–Kier alpha value is -2.79. The number of anilines is 2. The number of rotatable bonds is 2. The Morgan fingerprint density at radius 3 is 1.73 bits per heavy atom. The third-order valence-electron chi connectivity index (χ3n) is 3.67. The molecule has 0 aliphatic carbocycles. The van der Waals surface area contributed by atoms with E-state index in [4.69, 9.17) is 12.2 Å². The van der Waals surface area contributed by atoms with Crippen molar-refractivity contribution < 1.29 is 0 Å². The zero-order chi connectivity index (χ0) is 14.9. The maximum Gasteiger partial charge on any atom is 0.175 e. The van der Waals surface area contributed by atoms with Crippen molar-refractivity contribution >= 4 is 50.5 Å². The van der Waals surface area contributed by atoms with Crippen molar-refractivity contribution in [1.82, 2.24) is 9.97 Å². The molecule has 0 unspecified atom stereocenters. The summed E-state index contributed by atoms with van der Waals surface area (Å²) in [7, 11) is 0. The second-order valence-corrected chi connectivity index (χ2v) is 5.48. The summed E-state index contributed by atoms with van der Waals surface area (Å²) in [6, 6.07) is 16.2. The first-order valence-electron chi connectivity index (χ1n) is 7.01. The van der Waals surface area contributed by atoms with Crippen molar-refractivity contribution in [3.05, 3.63) is 60.9 Å². The van der Waals surface area contributed by atoms with Crippen LogP contribution < -0.4 is 10.6 Å². The Labute approximate surface area is 132 Å². The predicted octanol–water partition coefficient (Wildman–Crippen LogP) is 4.46. The number of thiocarbonyl (C=S) groups is 1. The van der Waals surface area contributed by atoms with Gasteiger partial charge in [-0.2, -0.15) is 0 Å². The van der Waals surface area contributed by atoms with E-state index in [-0.39, 0.29) is 0 Å². The van der Waals surface area contributed by atoms with Gasteiger partial charge in [0.05, 0.1) is 22.4 Å². The van der Waals surface area contributed by atoms with Crippen LogP contribution in [-0.4, -0.2) is 15.1 Å². The molecule has 4 nitrogen and oxygen atoms in total. The second kappa shape index (κ2) is 5.20. The molecule has 22 heavy (non-hydrogen) atoms. The average molecular weight is 306 g/mol. The second-order valence-electron chi connectivity index (χ2n) is 5.07. The Morgan fingerprint density at radius 2 is 1.23 bits per heavy atom. The highest BCUT2D eigenvalue weighted by Gasteiger charge is 2.06. The van der Waals surface area contributed by atoms with Gasteiger partial charge in [0.1, 0.15) is 0 Å². The van der Waals surface area contributed by atoms with Gasteiger partial charge in [0, 0.05) is 23.2 Å². The molecule has 4 rings (SSSR count). The molecule has 0 saturated carbocycles. The molecule has 0 saturated heterocycles. The van der Waals surface area contributed by atoms with Gasteiger partial charge in [0.15, 0.2) is 5.11 Å². The molecule has 2 aromatic heterocycles. The smallest absolute Gasteiger partial charge is 0.175 e. The van der Waals surface area contributed by atoms with Gasteiger partial charge in [-0.15, -0.1) is 0 Å². The van der Waals surface area contributed by atoms with E-state index < -0.39 is 0 Å². The lowest BCUT2D eigenvalue weighted by Crippen LogP contribution is -2.19. The Kier molecular flexibility index (Phi) is 3.05. The Morgan fingerprint density at radius 1 is 0.727 bits per heavy atom. The lowest BCUT2D eigenvalue weighted by molar-refractivity contribution is 1.46. The molecule has 2 aromatic carbocycles. The van der Waals surface area contributed by atoms with Crippen LogP contribution in [0.1, 0.15) is 0 Å². The number of aromatic nitrogens is 2. The molecule has 0 radical (unpaired) electrons. The molecular formula is C17H14N4S. The number of hydrogen-bond acceptors (Lipinski definition) is 1. The summed E-state index contributed by atoms with van der Waals surface area (Å²) in [6.07, 6.45) is 3.85.